The summed E-state index contributed by atoms with van der Waals surface area (Å²) in [6.07, 6.45) is 0.708. The first-order valence-electron chi connectivity index (χ1n) is 7.89. The number of guanidine groups is 1. The van der Waals surface area contributed by atoms with Crippen LogP contribution in [-0.4, -0.2) is 24.0 Å². The van der Waals surface area contributed by atoms with Gasteiger partial charge in [-0.05, 0) is 44.9 Å². The lowest BCUT2D eigenvalue weighted by Crippen LogP contribution is -2.38. The third-order valence-electron chi connectivity index (χ3n) is 3.52. The summed E-state index contributed by atoms with van der Waals surface area (Å²) in [5, 5.41) is 7.82. The lowest BCUT2D eigenvalue weighted by atomic mass is 10.1. The Morgan fingerprint density at radius 2 is 1.92 bits per heavy atom. The highest BCUT2D eigenvalue weighted by molar-refractivity contribution is 6.35. The number of hydrogen-bond donors (Lipinski definition) is 2. The Morgan fingerprint density at radius 1 is 1.21 bits per heavy atom. The van der Waals surface area contributed by atoms with Gasteiger partial charge >= 0.3 is 0 Å². The van der Waals surface area contributed by atoms with Gasteiger partial charge in [0, 0.05) is 23.1 Å². The van der Waals surface area contributed by atoms with Crippen molar-refractivity contribution in [1.29, 1.82) is 0 Å². The highest BCUT2D eigenvalue weighted by Crippen LogP contribution is 2.24. The summed E-state index contributed by atoms with van der Waals surface area (Å²) in [6, 6.07) is 5.53. The Kier molecular flexibility index (Phi) is 6.94. The molecule has 7 heteroatoms. The molecule has 24 heavy (non-hydrogen) atoms. The summed E-state index contributed by atoms with van der Waals surface area (Å²) in [5.74, 6) is 2.14. The first-order chi connectivity index (χ1) is 11.5. The number of hydrogen-bond acceptors (Lipinski definition) is 3. The van der Waals surface area contributed by atoms with E-state index in [9.17, 15) is 0 Å². The van der Waals surface area contributed by atoms with Gasteiger partial charge in [0.15, 0.2) is 5.96 Å². The van der Waals surface area contributed by atoms with Crippen LogP contribution in [0.3, 0.4) is 0 Å². The molecule has 0 aliphatic rings. The Balaban J connectivity index is 1.94. The molecule has 0 saturated carbocycles. The molecule has 0 spiro atoms. The van der Waals surface area contributed by atoms with Crippen LogP contribution in [0, 0.1) is 13.8 Å². The van der Waals surface area contributed by atoms with Gasteiger partial charge in [0.05, 0.1) is 5.69 Å². The van der Waals surface area contributed by atoms with Crippen molar-refractivity contribution in [3.8, 4) is 0 Å². The highest BCUT2D eigenvalue weighted by atomic mass is 35.5. The molecule has 0 unspecified atom stereocenters. The van der Waals surface area contributed by atoms with Gasteiger partial charge in [-0.1, -0.05) is 29.3 Å². The van der Waals surface area contributed by atoms with Crippen LogP contribution in [0.15, 0.2) is 27.6 Å². The number of nitrogens with zero attached hydrogens (tertiary/aromatic N) is 2. The number of nitrogens with one attached hydrogen (secondary N) is 2. The van der Waals surface area contributed by atoms with E-state index in [4.69, 9.17) is 27.6 Å². The normalized spacial score (nSPS) is 11.6. The molecule has 0 fully saturated rings. The number of aryl methyl sites for hydroxylation is 2. The third kappa shape index (κ3) is 5.14. The van der Waals surface area contributed by atoms with Crippen LogP contribution in [0.25, 0.3) is 0 Å². The van der Waals surface area contributed by atoms with E-state index in [0.717, 1.165) is 23.6 Å². The van der Waals surface area contributed by atoms with Gasteiger partial charge in [-0.2, -0.15) is 0 Å². The van der Waals surface area contributed by atoms with E-state index in [2.05, 4.69) is 20.6 Å². The summed E-state index contributed by atoms with van der Waals surface area (Å²) >= 11 is 12.4. The van der Waals surface area contributed by atoms with Crippen molar-refractivity contribution in [3.63, 3.8) is 0 Å². The van der Waals surface area contributed by atoms with E-state index in [1.165, 1.54) is 0 Å². The first kappa shape index (κ1) is 18.6. The average Bonchev–Trinajstić information content (AvgIpc) is 2.86. The molecule has 0 bridgehead atoms. The summed E-state index contributed by atoms with van der Waals surface area (Å²) < 4.78 is 5.54. The SMILES string of the molecule is CCNC(=NCc1nc(C)c(C)o1)NCCc1c(Cl)cccc1Cl. The van der Waals surface area contributed by atoms with Crippen molar-refractivity contribution in [3.05, 3.63) is 51.2 Å². The molecule has 130 valence electrons. The fourth-order valence-corrected chi connectivity index (χ4v) is 2.76. The molecule has 0 radical (unpaired) electrons. The maximum Gasteiger partial charge on any atom is 0.216 e. The second kappa shape index (κ2) is 8.94. The quantitative estimate of drug-likeness (QED) is 0.599. The molecule has 1 aromatic heterocycles. The third-order valence-corrected chi connectivity index (χ3v) is 4.23. The maximum atomic E-state index is 6.19. The summed E-state index contributed by atoms with van der Waals surface area (Å²) in [4.78, 5) is 8.82. The number of rotatable bonds is 6. The van der Waals surface area contributed by atoms with E-state index in [1.54, 1.807) is 0 Å². The minimum Gasteiger partial charge on any atom is -0.444 e. The summed E-state index contributed by atoms with van der Waals surface area (Å²) in [7, 11) is 0. The van der Waals surface area contributed by atoms with Crippen molar-refractivity contribution in [2.45, 2.75) is 33.7 Å². The monoisotopic (exact) mass is 368 g/mol. The van der Waals surface area contributed by atoms with Gasteiger partial charge in [-0.15, -0.1) is 0 Å². The molecule has 2 N–H and O–H groups in total. The van der Waals surface area contributed by atoms with Gasteiger partial charge in [-0.3, -0.25) is 0 Å². The zero-order chi connectivity index (χ0) is 17.5. The Bertz CT molecular complexity index is 673. The van der Waals surface area contributed by atoms with E-state index in [1.807, 2.05) is 39.0 Å². The van der Waals surface area contributed by atoms with E-state index in [0.29, 0.717) is 41.4 Å². The van der Waals surface area contributed by atoms with Crippen LogP contribution in [0.5, 0.6) is 0 Å². The van der Waals surface area contributed by atoms with Gasteiger partial charge in [0.2, 0.25) is 5.89 Å². The molecule has 2 aromatic rings. The second-order valence-electron chi connectivity index (χ2n) is 5.32. The van der Waals surface area contributed by atoms with Gasteiger partial charge < -0.3 is 15.1 Å². The average molecular weight is 369 g/mol. The van der Waals surface area contributed by atoms with Gasteiger partial charge in [0.1, 0.15) is 12.3 Å². The Morgan fingerprint density at radius 3 is 2.50 bits per heavy atom. The smallest absolute Gasteiger partial charge is 0.216 e. The molecule has 0 aliphatic carbocycles. The molecule has 5 nitrogen and oxygen atoms in total. The van der Waals surface area contributed by atoms with Crippen LogP contribution in [0.2, 0.25) is 10.0 Å². The highest BCUT2D eigenvalue weighted by Gasteiger charge is 2.07. The van der Waals surface area contributed by atoms with Crippen molar-refractivity contribution in [2.24, 2.45) is 4.99 Å². The van der Waals surface area contributed by atoms with Crippen molar-refractivity contribution < 1.29 is 4.42 Å². The maximum absolute atomic E-state index is 6.19. The van der Waals surface area contributed by atoms with Crippen molar-refractivity contribution in [1.82, 2.24) is 15.6 Å². The molecule has 0 amide bonds. The standard InChI is InChI=1S/C17H22Cl2N4O/c1-4-20-17(22-10-16-23-11(2)12(3)24-16)21-9-8-13-14(18)6-5-7-15(13)19/h5-7H,4,8-10H2,1-3H3,(H2,20,21,22). The zero-order valence-corrected chi connectivity index (χ0v) is 15.6. The van der Waals surface area contributed by atoms with Crippen LogP contribution in [0.1, 0.15) is 29.8 Å². The van der Waals surface area contributed by atoms with Gasteiger partial charge in [-0.25, -0.2) is 9.98 Å². The number of halogens is 2. The van der Waals surface area contributed by atoms with E-state index < -0.39 is 0 Å². The zero-order valence-electron chi connectivity index (χ0n) is 14.1. The van der Waals surface area contributed by atoms with Crippen LogP contribution < -0.4 is 10.6 Å². The van der Waals surface area contributed by atoms with Crippen molar-refractivity contribution in [2.75, 3.05) is 13.1 Å². The van der Waals surface area contributed by atoms with Gasteiger partial charge in [0.25, 0.3) is 0 Å². The molecule has 0 aliphatic heterocycles. The Hall–Kier alpha value is -1.72. The van der Waals surface area contributed by atoms with Crippen molar-refractivity contribution >= 4 is 29.2 Å². The van der Waals surface area contributed by atoms with E-state index in [-0.39, 0.29) is 0 Å². The molecule has 0 saturated heterocycles. The Labute approximate surface area is 152 Å². The minimum atomic E-state index is 0.386. The topological polar surface area (TPSA) is 62.5 Å². The fraction of sp³-hybridized carbons (Fsp3) is 0.412. The lowest BCUT2D eigenvalue weighted by Gasteiger charge is -2.12. The number of aromatic nitrogens is 1. The van der Waals surface area contributed by atoms with Crippen LogP contribution >= 0.6 is 23.2 Å². The predicted molar refractivity (Wildman–Crippen MR) is 99.0 cm³/mol. The van der Waals surface area contributed by atoms with Crippen LogP contribution in [-0.2, 0) is 13.0 Å². The number of aliphatic imine (C=N–C) groups is 1. The summed E-state index contributed by atoms with van der Waals surface area (Å²) in [6.45, 7) is 7.65. The molecule has 2 rings (SSSR count). The van der Waals surface area contributed by atoms with Crippen LogP contribution in [0.4, 0.5) is 0 Å². The largest absolute Gasteiger partial charge is 0.444 e. The first-order valence-corrected chi connectivity index (χ1v) is 8.64. The minimum absolute atomic E-state index is 0.386. The predicted octanol–water partition coefficient (Wildman–Crippen LogP) is 3.90. The molecule has 0 atom stereocenters. The van der Waals surface area contributed by atoms with E-state index >= 15 is 0 Å². The number of oxazole rings is 1. The molecular weight excluding hydrogens is 347 g/mol. The molecule has 1 heterocycles. The number of benzene rings is 1. The molecular formula is C17H22Cl2N4O. The fourth-order valence-electron chi connectivity index (χ4n) is 2.17. The summed E-state index contributed by atoms with van der Waals surface area (Å²) in [5.41, 5.74) is 1.83. The second-order valence-corrected chi connectivity index (χ2v) is 6.14. The molecule has 1 aromatic carbocycles. The lowest BCUT2D eigenvalue weighted by molar-refractivity contribution is 0.473.